The van der Waals surface area contributed by atoms with Gasteiger partial charge in [-0.2, -0.15) is 5.26 Å². The zero-order chi connectivity index (χ0) is 14.5. The molecular formula is C13H12N4O3. The molecule has 2 aromatic heterocycles. The van der Waals surface area contributed by atoms with Crippen LogP contribution in [-0.2, 0) is 6.42 Å². The monoisotopic (exact) mass is 272 g/mol. The molecule has 2 rings (SSSR count). The summed E-state index contributed by atoms with van der Waals surface area (Å²) in [4.78, 5) is 14.0. The summed E-state index contributed by atoms with van der Waals surface area (Å²) >= 11 is 0. The van der Waals surface area contributed by atoms with Crippen molar-refractivity contribution in [2.75, 3.05) is 5.32 Å². The smallest absolute Gasteiger partial charge is 0.305 e. The van der Waals surface area contributed by atoms with Gasteiger partial charge in [0.1, 0.15) is 17.6 Å². The van der Waals surface area contributed by atoms with Gasteiger partial charge in [-0.25, -0.2) is 4.98 Å². The maximum absolute atomic E-state index is 10.7. The van der Waals surface area contributed by atoms with Crippen LogP contribution in [-0.4, -0.2) is 15.9 Å². The first-order valence-corrected chi connectivity index (χ1v) is 5.94. The molecular weight excluding hydrogens is 260 g/mol. The van der Waals surface area contributed by atoms with Gasteiger partial charge in [-0.1, -0.05) is 0 Å². The molecule has 0 saturated carbocycles. The minimum atomic E-state index is -0.623. The summed E-state index contributed by atoms with van der Waals surface area (Å²) in [6.07, 6.45) is 2.24. The molecule has 1 N–H and O–H groups in total. The minimum absolute atomic E-state index is 0.0154. The van der Waals surface area contributed by atoms with Crippen LogP contribution >= 0.6 is 0 Å². The Balaban J connectivity index is 2.10. The number of nitro groups is 1. The Bertz CT molecular complexity index is 646. The first kappa shape index (κ1) is 13.5. The Morgan fingerprint density at radius 2 is 2.35 bits per heavy atom. The van der Waals surface area contributed by atoms with Gasteiger partial charge in [0.15, 0.2) is 0 Å². The second kappa shape index (κ2) is 5.84. The summed E-state index contributed by atoms with van der Waals surface area (Å²) in [6.45, 7) is 1.93. The largest absolute Gasteiger partial charge is 0.469 e. The average molecular weight is 272 g/mol. The number of rotatable bonds is 5. The molecule has 20 heavy (non-hydrogen) atoms. The van der Waals surface area contributed by atoms with E-state index in [1.807, 2.05) is 13.0 Å². The summed E-state index contributed by atoms with van der Waals surface area (Å²) in [6, 6.07) is 8.16. The average Bonchev–Trinajstić information content (AvgIpc) is 2.90. The van der Waals surface area contributed by atoms with Crippen LogP contribution in [0, 0.1) is 21.4 Å². The Kier molecular flexibility index (Phi) is 3.96. The van der Waals surface area contributed by atoms with E-state index in [0.29, 0.717) is 12.2 Å². The van der Waals surface area contributed by atoms with Crippen LogP contribution in [0.3, 0.4) is 0 Å². The zero-order valence-corrected chi connectivity index (χ0v) is 10.7. The fourth-order valence-corrected chi connectivity index (χ4v) is 1.80. The van der Waals surface area contributed by atoms with Crippen molar-refractivity contribution in [2.45, 2.75) is 19.4 Å². The van der Waals surface area contributed by atoms with Crippen LogP contribution in [0.1, 0.15) is 18.4 Å². The molecule has 1 unspecified atom stereocenters. The lowest BCUT2D eigenvalue weighted by molar-refractivity contribution is -0.385. The van der Waals surface area contributed by atoms with Gasteiger partial charge in [0.2, 0.25) is 5.69 Å². The Morgan fingerprint density at radius 3 is 2.95 bits per heavy atom. The molecule has 0 aliphatic rings. The second-order valence-corrected chi connectivity index (χ2v) is 4.26. The SMILES string of the molecule is CC(Cc1ccco1)Nc1ccc([N+](=O)[O-])c(C#N)n1. The van der Waals surface area contributed by atoms with E-state index < -0.39 is 4.92 Å². The molecule has 1 atom stereocenters. The maximum Gasteiger partial charge on any atom is 0.305 e. The highest BCUT2D eigenvalue weighted by Crippen LogP contribution is 2.19. The zero-order valence-electron chi connectivity index (χ0n) is 10.7. The third-order valence-electron chi connectivity index (χ3n) is 2.66. The van der Waals surface area contributed by atoms with Crippen LogP contribution < -0.4 is 5.32 Å². The van der Waals surface area contributed by atoms with Crippen molar-refractivity contribution in [1.82, 2.24) is 4.98 Å². The Hall–Kier alpha value is -2.88. The van der Waals surface area contributed by atoms with Crippen molar-refractivity contribution in [1.29, 1.82) is 5.26 Å². The van der Waals surface area contributed by atoms with Gasteiger partial charge in [-0.3, -0.25) is 10.1 Å². The summed E-state index contributed by atoms with van der Waals surface area (Å²) in [5, 5.41) is 22.7. The fourth-order valence-electron chi connectivity index (χ4n) is 1.80. The predicted octanol–water partition coefficient (Wildman–Crippen LogP) is 2.50. The topological polar surface area (TPSA) is 105 Å². The minimum Gasteiger partial charge on any atom is -0.469 e. The number of aromatic nitrogens is 1. The molecule has 0 fully saturated rings. The van der Waals surface area contributed by atoms with Gasteiger partial charge in [-0.15, -0.1) is 0 Å². The van der Waals surface area contributed by atoms with Crippen molar-refractivity contribution in [3.8, 4) is 6.07 Å². The summed E-state index contributed by atoms with van der Waals surface area (Å²) in [5.74, 6) is 1.25. The maximum atomic E-state index is 10.7. The van der Waals surface area contributed by atoms with Gasteiger partial charge in [0.25, 0.3) is 0 Å². The fraction of sp³-hybridized carbons (Fsp3) is 0.231. The summed E-state index contributed by atoms with van der Waals surface area (Å²) in [7, 11) is 0. The second-order valence-electron chi connectivity index (χ2n) is 4.26. The van der Waals surface area contributed by atoms with Crippen LogP contribution in [0.2, 0.25) is 0 Å². The van der Waals surface area contributed by atoms with Gasteiger partial charge < -0.3 is 9.73 Å². The Morgan fingerprint density at radius 1 is 1.55 bits per heavy atom. The lowest BCUT2D eigenvalue weighted by atomic mass is 10.2. The number of pyridine rings is 1. The molecule has 0 spiro atoms. The third kappa shape index (κ3) is 3.11. The van der Waals surface area contributed by atoms with Crippen LogP contribution in [0.5, 0.6) is 0 Å². The van der Waals surface area contributed by atoms with E-state index in [4.69, 9.17) is 9.68 Å². The van der Waals surface area contributed by atoms with Gasteiger partial charge in [0.05, 0.1) is 11.2 Å². The first-order chi connectivity index (χ1) is 9.60. The number of furan rings is 1. The number of nitrogens with zero attached hydrogens (tertiary/aromatic N) is 3. The number of hydrogen-bond acceptors (Lipinski definition) is 6. The highest BCUT2D eigenvalue weighted by atomic mass is 16.6. The quantitative estimate of drug-likeness (QED) is 0.662. The van der Waals surface area contributed by atoms with E-state index in [9.17, 15) is 10.1 Å². The standard InChI is InChI=1S/C13H12N4O3/c1-9(7-10-3-2-6-20-10)15-13-5-4-12(17(18)19)11(8-14)16-13/h2-6,9H,7H2,1H3,(H,15,16). The molecule has 2 aromatic rings. The number of hydrogen-bond donors (Lipinski definition) is 1. The first-order valence-electron chi connectivity index (χ1n) is 5.94. The van der Waals surface area contributed by atoms with E-state index in [1.54, 1.807) is 18.4 Å². The molecule has 0 amide bonds. The van der Waals surface area contributed by atoms with Crippen molar-refractivity contribution in [2.24, 2.45) is 0 Å². The van der Waals surface area contributed by atoms with Gasteiger partial charge >= 0.3 is 5.69 Å². The van der Waals surface area contributed by atoms with Crippen molar-refractivity contribution in [3.05, 3.63) is 52.1 Å². The van der Waals surface area contributed by atoms with Crippen LogP contribution in [0.25, 0.3) is 0 Å². The lowest BCUT2D eigenvalue weighted by Gasteiger charge is -2.13. The summed E-state index contributed by atoms with van der Waals surface area (Å²) in [5.41, 5.74) is -0.498. The number of nitriles is 1. The molecule has 0 aliphatic carbocycles. The van der Waals surface area contributed by atoms with E-state index in [1.165, 1.54) is 12.1 Å². The molecule has 0 aliphatic heterocycles. The summed E-state index contributed by atoms with van der Waals surface area (Å²) < 4.78 is 5.24. The normalized spacial score (nSPS) is 11.6. The highest BCUT2D eigenvalue weighted by Gasteiger charge is 2.16. The molecule has 0 bridgehead atoms. The molecule has 102 valence electrons. The van der Waals surface area contributed by atoms with Crippen molar-refractivity contribution < 1.29 is 9.34 Å². The lowest BCUT2D eigenvalue weighted by Crippen LogP contribution is -2.18. The van der Waals surface area contributed by atoms with Crippen LogP contribution in [0.4, 0.5) is 11.5 Å². The molecule has 0 radical (unpaired) electrons. The molecule has 7 nitrogen and oxygen atoms in total. The molecule has 0 aromatic carbocycles. The van der Waals surface area contributed by atoms with E-state index in [0.717, 1.165) is 5.76 Å². The molecule has 7 heteroatoms. The van der Waals surface area contributed by atoms with Crippen molar-refractivity contribution >= 4 is 11.5 Å². The van der Waals surface area contributed by atoms with Gasteiger partial charge in [-0.05, 0) is 25.1 Å². The van der Waals surface area contributed by atoms with Crippen LogP contribution in [0.15, 0.2) is 34.9 Å². The number of nitrogens with one attached hydrogen (secondary N) is 1. The molecule has 0 saturated heterocycles. The van der Waals surface area contributed by atoms with E-state index in [-0.39, 0.29) is 17.4 Å². The number of anilines is 1. The highest BCUT2D eigenvalue weighted by molar-refractivity contribution is 5.50. The van der Waals surface area contributed by atoms with E-state index in [2.05, 4.69) is 10.3 Å². The predicted molar refractivity (Wildman–Crippen MR) is 71.1 cm³/mol. The van der Waals surface area contributed by atoms with E-state index >= 15 is 0 Å². The third-order valence-corrected chi connectivity index (χ3v) is 2.66. The van der Waals surface area contributed by atoms with Gasteiger partial charge in [0, 0.05) is 18.5 Å². The molecule has 2 heterocycles. The Labute approximate surface area is 115 Å². The van der Waals surface area contributed by atoms with Crippen molar-refractivity contribution in [3.63, 3.8) is 0 Å².